The van der Waals surface area contributed by atoms with Crippen molar-refractivity contribution in [3.05, 3.63) is 29.3 Å². The van der Waals surface area contributed by atoms with Crippen LogP contribution < -0.4 is 4.74 Å². The summed E-state index contributed by atoms with van der Waals surface area (Å²) >= 11 is 0. The molecule has 5 heterocycles. The predicted molar refractivity (Wildman–Crippen MR) is 248 cm³/mol. The molecule has 8 rings (SSSR count). The highest BCUT2D eigenvalue weighted by Crippen LogP contribution is 2.46. The number of ether oxygens (including phenoxy) is 11. The molecular formula is C50H72O23. The molecule has 23 nitrogen and oxygen atoms in total. The summed E-state index contributed by atoms with van der Waals surface area (Å²) in [6, 6.07) is 4.27. The summed E-state index contributed by atoms with van der Waals surface area (Å²) in [6.07, 6.45) is -24.0. The van der Waals surface area contributed by atoms with Crippen molar-refractivity contribution >= 4 is 22.3 Å². The van der Waals surface area contributed by atoms with Crippen LogP contribution >= 0.6 is 0 Å². The first-order chi connectivity index (χ1) is 34.3. The van der Waals surface area contributed by atoms with Crippen LogP contribution in [0.4, 0.5) is 0 Å². The summed E-state index contributed by atoms with van der Waals surface area (Å²) in [7, 11) is 1.26. The fourth-order valence-corrected chi connectivity index (χ4v) is 11.1. The highest BCUT2D eigenvalue weighted by Gasteiger charge is 2.51. The van der Waals surface area contributed by atoms with E-state index in [9.17, 15) is 60.7 Å². The molecule has 5 fully saturated rings. The van der Waals surface area contributed by atoms with Crippen LogP contribution in [-0.4, -0.2) is 211 Å². The van der Waals surface area contributed by atoms with Crippen molar-refractivity contribution in [1.29, 1.82) is 0 Å². The summed E-state index contributed by atoms with van der Waals surface area (Å²) in [5, 5.41) is 110. The Morgan fingerprint density at radius 1 is 0.699 bits per heavy atom. The van der Waals surface area contributed by atoms with Crippen molar-refractivity contribution in [2.75, 3.05) is 7.11 Å². The summed E-state index contributed by atoms with van der Waals surface area (Å²) in [6.45, 7) is 10.6. The molecule has 23 heteroatoms. The van der Waals surface area contributed by atoms with Crippen molar-refractivity contribution in [1.82, 2.24) is 0 Å². The van der Waals surface area contributed by atoms with Crippen LogP contribution in [0, 0.1) is 5.92 Å². The van der Waals surface area contributed by atoms with Gasteiger partial charge >= 0.3 is 0 Å². The van der Waals surface area contributed by atoms with Crippen molar-refractivity contribution in [3.8, 4) is 17.2 Å². The van der Waals surface area contributed by atoms with E-state index >= 15 is 0 Å². The molecule has 2 aromatic rings. The second-order valence-corrected chi connectivity index (χ2v) is 20.8. The molecule has 0 saturated carbocycles. The fourth-order valence-electron chi connectivity index (χ4n) is 11.1. The Morgan fingerprint density at radius 3 is 1.82 bits per heavy atom. The van der Waals surface area contributed by atoms with E-state index in [-0.39, 0.29) is 66.2 Å². The van der Waals surface area contributed by atoms with E-state index in [4.69, 9.17) is 52.1 Å². The highest BCUT2D eigenvalue weighted by molar-refractivity contribution is 6.10. The average molecular weight is 1040 g/mol. The van der Waals surface area contributed by atoms with Gasteiger partial charge in [0.2, 0.25) is 6.29 Å². The van der Waals surface area contributed by atoms with E-state index < -0.39 is 170 Å². The number of phenols is 2. The van der Waals surface area contributed by atoms with Gasteiger partial charge in [-0.3, -0.25) is 9.59 Å². The van der Waals surface area contributed by atoms with Crippen LogP contribution in [0.1, 0.15) is 96.5 Å². The van der Waals surface area contributed by atoms with Gasteiger partial charge in [-0.25, -0.2) is 0 Å². The molecule has 410 valence electrons. The number of rotatable bonds is 14. The van der Waals surface area contributed by atoms with E-state index in [0.29, 0.717) is 0 Å². The Labute approximate surface area is 421 Å². The monoisotopic (exact) mass is 1040 g/mol. The lowest BCUT2D eigenvalue weighted by atomic mass is 9.75. The first-order valence-electron chi connectivity index (χ1n) is 25.0. The minimum absolute atomic E-state index is 0.0150. The van der Waals surface area contributed by atoms with Gasteiger partial charge in [0.15, 0.2) is 36.7 Å². The number of aliphatic hydroxyl groups excluding tert-OH is 7. The number of aromatic hydroxyl groups is 2. The Bertz CT molecular complexity index is 2240. The lowest BCUT2D eigenvalue weighted by Crippen LogP contribution is -2.58. The number of methoxy groups -OCH3 is 1. The van der Waals surface area contributed by atoms with E-state index in [1.54, 1.807) is 40.7 Å². The number of aliphatic hydroxyl groups is 8. The molecule has 73 heavy (non-hydrogen) atoms. The number of ketones is 2. The minimum Gasteiger partial charge on any atom is -0.507 e. The van der Waals surface area contributed by atoms with E-state index in [0.717, 1.165) is 6.92 Å². The number of hydrogen-bond acceptors (Lipinski definition) is 23. The highest BCUT2D eigenvalue weighted by atomic mass is 16.7. The molecule has 5 aliphatic heterocycles. The largest absolute Gasteiger partial charge is 0.507 e. The zero-order valence-electron chi connectivity index (χ0n) is 42.0. The van der Waals surface area contributed by atoms with Gasteiger partial charge in [-0.05, 0) is 78.0 Å². The molecule has 0 amide bonds. The summed E-state index contributed by atoms with van der Waals surface area (Å²) in [5.74, 6) is -3.51. The first-order valence-corrected chi connectivity index (χ1v) is 25.0. The molecule has 2 aromatic carbocycles. The van der Waals surface area contributed by atoms with Crippen LogP contribution in [0.3, 0.4) is 0 Å². The second-order valence-electron chi connectivity index (χ2n) is 20.8. The molecule has 24 atom stereocenters. The summed E-state index contributed by atoms with van der Waals surface area (Å²) in [4.78, 5) is 27.5. The number of carbonyl (C=O) groups is 2. The van der Waals surface area contributed by atoms with Crippen molar-refractivity contribution in [3.63, 3.8) is 0 Å². The van der Waals surface area contributed by atoms with E-state index in [1.165, 1.54) is 26.2 Å². The second kappa shape index (κ2) is 22.4. The Hall–Kier alpha value is -3.28. The number of fused-ring (bicyclic) bond motifs is 2. The van der Waals surface area contributed by atoms with Crippen LogP contribution in [0.15, 0.2) is 18.2 Å². The molecule has 1 aliphatic carbocycles. The van der Waals surface area contributed by atoms with Crippen LogP contribution in [0.5, 0.6) is 17.2 Å². The lowest BCUT2D eigenvalue weighted by molar-refractivity contribution is -0.337. The number of phenolic OH excluding ortho intramolecular Hbond substituents is 2. The third kappa shape index (κ3) is 11.7. The lowest BCUT2D eigenvalue weighted by Gasteiger charge is -2.46. The third-order valence-electron chi connectivity index (χ3n) is 15.2. The topological polar surface area (TPSA) is 338 Å². The van der Waals surface area contributed by atoms with Gasteiger partial charge in [0.1, 0.15) is 60.0 Å². The van der Waals surface area contributed by atoms with Gasteiger partial charge in [-0.15, -0.1) is 0 Å². The maximum Gasteiger partial charge on any atom is 0.202 e. The third-order valence-corrected chi connectivity index (χ3v) is 15.2. The molecule has 5 saturated heterocycles. The van der Waals surface area contributed by atoms with Crippen LogP contribution in [0.2, 0.25) is 0 Å². The maximum atomic E-state index is 14.8. The van der Waals surface area contributed by atoms with Crippen LogP contribution in [-0.2, 0) is 58.6 Å². The molecule has 6 aliphatic rings. The zero-order chi connectivity index (χ0) is 53.1. The number of hydrogen-bond donors (Lipinski definition) is 10. The number of carbonyl (C=O) groups excluding carboxylic acids is 2. The standard InChI is InChI=1S/C50H72O23/c1-18(51)40(55)47(63-8)27-11-25-9-24-10-26(69-35-15-31(42(57)20(3)65-35)70-33-13-29(53)41(56)19(2)64-33)12-28(52)38(24)44(59)39(25)45(60)48(27)72-36-16-32(43(58)21(4)66-36)71-34-14-30(54)46(22(5)67-34)73-37-17-50(7,62)49(61)23(6)68-37/h9-10,12,19-23,27,29-37,40-43,46-49,52-59,61-62H,11,13-17H2,1-8H3/t19-,20-,21-,22-,23-,27+,29-,30-,31-,32-,33+,34-,35+,36+,37+,40+,41-,42-,43-,46+,47+,48+,49-,50+/m1/s1. The Kier molecular flexibility index (Phi) is 17.1. The van der Waals surface area contributed by atoms with E-state index in [1.807, 2.05) is 0 Å². The maximum absolute atomic E-state index is 14.8. The summed E-state index contributed by atoms with van der Waals surface area (Å²) in [5.41, 5.74) is -1.45. The predicted octanol–water partition coefficient (Wildman–Crippen LogP) is 0.0814. The normalized spacial score (nSPS) is 43.3. The molecule has 0 radical (unpaired) electrons. The SMILES string of the molecule is CO[C@@H]([C@@H]1Cc2cc3cc(O[C@H]4C[C@@H](O[C@H]5C[C@@H](O)[C@H](O)[C@@H](C)O5)[C@H](O)[C@@H](C)O4)cc(O)c3c(O)c2C(=O)[C@H]1O[C@H]1C[C@@H](O[C@@H]2C[C@@H](O)[C@@H](O[C@H]3C[C@](C)(O)[C@H](O)[C@@H](C)O3)[C@@H](C)O2)[C@H](O)[C@@H](C)O1)[C@@H](O)C(C)=O. The van der Waals surface area contributed by atoms with Gasteiger partial charge < -0.3 is 103 Å². The molecular weight excluding hydrogens is 969 g/mol. The van der Waals surface area contributed by atoms with Crippen molar-refractivity contribution in [2.24, 2.45) is 5.92 Å². The minimum atomic E-state index is -1.72. The van der Waals surface area contributed by atoms with Crippen molar-refractivity contribution < 1.29 is 113 Å². The molecule has 0 aromatic heterocycles. The van der Waals surface area contributed by atoms with Gasteiger partial charge in [0.05, 0.1) is 77.6 Å². The Morgan fingerprint density at radius 2 is 1.25 bits per heavy atom. The average Bonchev–Trinajstić information content (AvgIpc) is 3.30. The quantitative estimate of drug-likeness (QED) is 0.120. The first kappa shape index (κ1) is 55.9. The van der Waals surface area contributed by atoms with Crippen LogP contribution in [0.25, 0.3) is 10.8 Å². The smallest absolute Gasteiger partial charge is 0.202 e. The summed E-state index contributed by atoms with van der Waals surface area (Å²) < 4.78 is 66.2. The molecule has 10 N–H and O–H groups in total. The van der Waals surface area contributed by atoms with Gasteiger partial charge in [-0.1, -0.05) is 0 Å². The van der Waals surface area contributed by atoms with E-state index in [2.05, 4.69) is 0 Å². The molecule has 0 spiro atoms. The zero-order valence-corrected chi connectivity index (χ0v) is 42.0. The van der Waals surface area contributed by atoms with Gasteiger partial charge in [0, 0.05) is 51.2 Å². The Balaban J connectivity index is 0.992. The van der Waals surface area contributed by atoms with Gasteiger partial charge in [0.25, 0.3) is 0 Å². The van der Waals surface area contributed by atoms with Gasteiger partial charge in [-0.2, -0.15) is 0 Å². The van der Waals surface area contributed by atoms with Crippen molar-refractivity contribution in [2.45, 2.75) is 228 Å². The molecule has 0 bridgehead atoms. The number of benzene rings is 2. The number of Topliss-reactive ketones (excluding diaryl/α,β-unsaturated/α-hetero) is 2. The molecule has 0 unspecified atom stereocenters. The fraction of sp³-hybridized carbons (Fsp3) is 0.760.